The van der Waals surface area contributed by atoms with Crippen LogP contribution in [-0.2, 0) is 16.1 Å². The molecule has 34 heavy (non-hydrogen) atoms. The molecule has 1 aromatic rings. The molecule has 0 radical (unpaired) electrons. The summed E-state index contributed by atoms with van der Waals surface area (Å²) in [6.45, 7) is 6.23. The lowest BCUT2D eigenvalue weighted by Gasteiger charge is -2.50. The Morgan fingerprint density at radius 2 is 1.88 bits per heavy atom. The standard InChI is InChI=1S/C21H31N3O3.C2HF3O2/c1-26-19-7-3-2-6-17(19)14-23-15-21(16-23)18(9-13-27-21)8-10-22-20(25)24-11-4-5-12-24;3-2(4,5)1(6)7/h2-3,6-7,18H,4-5,8-16H2,1H3,(H,22,25);(H,6,7). The minimum absolute atomic E-state index is 0.0135. The fourth-order valence-corrected chi connectivity index (χ4v) is 4.82. The monoisotopic (exact) mass is 487 g/mol. The number of carboxylic acid groups (broad SMARTS) is 1. The normalized spacial score (nSPS) is 21.5. The van der Waals surface area contributed by atoms with Crippen molar-refractivity contribution >= 4 is 12.0 Å². The van der Waals surface area contributed by atoms with Crippen molar-refractivity contribution in [1.82, 2.24) is 15.1 Å². The summed E-state index contributed by atoms with van der Waals surface area (Å²) >= 11 is 0. The highest BCUT2D eigenvalue weighted by Crippen LogP contribution is 2.42. The van der Waals surface area contributed by atoms with E-state index in [0.29, 0.717) is 5.92 Å². The second kappa shape index (κ2) is 11.3. The Bertz CT molecular complexity index is 839. The number of urea groups is 1. The number of carbonyl (C=O) groups excluding carboxylic acids is 1. The molecule has 11 heteroatoms. The van der Waals surface area contributed by atoms with E-state index in [2.05, 4.69) is 22.3 Å². The zero-order valence-corrected chi connectivity index (χ0v) is 19.3. The lowest BCUT2D eigenvalue weighted by Crippen LogP contribution is -2.64. The molecule has 1 unspecified atom stereocenters. The van der Waals surface area contributed by atoms with Crippen LogP contribution in [0.1, 0.15) is 31.2 Å². The number of para-hydroxylation sites is 1. The van der Waals surface area contributed by atoms with Crippen LogP contribution in [0.2, 0.25) is 0 Å². The number of alkyl halides is 3. The van der Waals surface area contributed by atoms with E-state index >= 15 is 0 Å². The summed E-state index contributed by atoms with van der Waals surface area (Å²) < 4.78 is 43.4. The van der Waals surface area contributed by atoms with E-state index in [9.17, 15) is 18.0 Å². The van der Waals surface area contributed by atoms with Crippen molar-refractivity contribution in [3.8, 4) is 5.75 Å². The Morgan fingerprint density at radius 3 is 2.50 bits per heavy atom. The van der Waals surface area contributed by atoms with E-state index in [-0.39, 0.29) is 11.6 Å². The molecule has 190 valence electrons. The van der Waals surface area contributed by atoms with Gasteiger partial charge in [0.25, 0.3) is 0 Å². The number of benzene rings is 1. The van der Waals surface area contributed by atoms with Gasteiger partial charge < -0.3 is 24.8 Å². The maximum atomic E-state index is 12.1. The number of hydrogen-bond donors (Lipinski definition) is 2. The second-order valence-electron chi connectivity index (χ2n) is 8.87. The molecule has 2 N–H and O–H groups in total. The summed E-state index contributed by atoms with van der Waals surface area (Å²) in [5.74, 6) is -1.27. The van der Waals surface area contributed by atoms with Crippen molar-refractivity contribution in [3.05, 3.63) is 29.8 Å². The molecule has 3 fully saturated rings. The van der Waals surface area contributed by atoms with Gasteiger partial charge in [-0.15, -0.1) is 0 Å². The number of nitrogens with zero attached hydrogens (tertiary/aromatic N) is 2. The van der Waals surface area contributed by atoms with Gasteiger partial charge >= 0.3 is 18.2 Å². The van der Waals surface area contributed by atoms with Gasteiger partial charge in [-0.25, -0.2) is 9.59 Å². The maximum Gasteiger partial charge on any atom is 0.490 e. The smallest absolute Gasteiger partial charge is 0.490 e. The van der Waals surface area contributed by atoms with E-state index in [1.807, 2.05) is 17.0 Å². The SMILES string of the molecule is COc1ccccc1CN1CC2(C1)OCCC2CCNC(=O)N1CCCC1.O=C(O)C(F)(F)F. The number of carbonyl (C=O) groups is 2. The minimum Gasteiger partial charge on any atom is -0.496 e. The van der Waals surface area contributed by atoms with Crippen molar-refractivity contribution in [2.45, 2.75) is 44.0 Å². The number of methoxy groups -OCH3 is 1. The van der Waals surface area contributed by atoms with Crippen LogP contribution >= 0.6 is 0 Å². The first kappa shape index (κ1) is 26.1. The number of nitrogens with one attached hydrogen (secondary N) is 1. The zero-order chi connectivity index (χ0) is 24.8. The third kappa shape index (κ3) is 6.53. The van der Waals surface area contributed by atoms with E-state index in [1.165, 1.54) is 5.56 Å². The average Bonchev–Trinajstić information content (AvgIpc) is 3.44. The fourth-order valence-electron chi connectivity index (χ4n) is 4.82. The first-order chi connectivity index (χ1) is 16.1. The molecule has 3 saturated heterocycles. The average molecular weight is 488 g/mol. The number of amides is 2. The lowest BCUT2D eigenvalue weighted by molar-refractivity contribution is -0.192. The van der Waals surface area contributed by atoms with Gasteiger partial charge in [-0.3, -0.25) is 4.90 Å². The van der Waals surface area contributed by atoms with Crippen LogP contribution in [0.5, 0.6) is 5.75 Å². The van der Waals surface area contributed by atoms with Crippen LogP contribution in [0.25, 0.3) is 0 Å². The molecule has 3 aliphatic heterocycles. The third-order valence-electron chi connectivity index (χ3n) is 6.57. The molecule has 3 aliphatic rings. The number of ether oxygens (including phenoxy) is 2. The van der Waals surface area contributed by atoms with Gasteiger partial charge in [-0.1, -0.05) is 18.2 Å². The van der Waals surface area contributed by atoms with Gasteiger partial charge in [0.2, 0.25) is 0 Å². The van der Waals surface area contributed by atoms with Crippen molar-refractivity contribution in [2.24, 2.45) is 5.92 Å². The summed E-state index contributed by atoms with van der Waals surface area (Å²) in [5, 5.41) is 10.2. The number of carboxylic acids is 1. The molecular formula is C23H32F3N3O5. The Kier molecular flexibility index (Phi) is 8.64. The van der Waals surface area contributed by atoms with Crippen LogP contribution in [0, 0.1) is 5.92 Å². The number of halogens is 3. The van der Waals surface area contributed by atoms with Crippen molar-refractivity contribution in [1.29, 1.82) is 0 Å². The summed E-state index contributed by atoms with van der Waals surface area (Å²) in [5.41, 5.74) is 1.21. The van der Waals surface area contributed by atoms with Crippen LogP contribution < -0.4 is 10.1 Å². The van der Waals surface area contributed by atoms with Crippen LogP contribution in [0.3, 0.4) is 0 Å². The number of hydrogen-bond acceptors (Lipinski definition) is 5. The van der Waals surface area contributed by atoms with Crippen molar-refractivity contribution < 1.29 is 37.3 Å². The number of likely N-dealkylation sites (tertiary alicyclic amines) is 2. The molecule has 1 atom stereocenters. The summed E-state index contributed by atoms with van der Waals surface area (Å²) in [7, 11) is 1.73. The van der Waals surface area contributed by atoms with Crippen molar-refractivity contribution in [2.75, 3.05) is 46.4 Å². The van der Waals surface area contributed by atoms with Gasteiger partial charge in [0.05, 0.1) is 12.7 Å². The van der Waals surface area contributed by atoms with Crippen molar-refractivity contribution in [3.63, 3.8) is 0 Å². The predicted molar refractivity (Wildman–Crippen MR) is 118 cm³/mol. The molecule has 0 aromatic heterocycles. The molecule has 3 heterocycles. The highest BCUT2D eigenvalue weighted by Gasteiger charge is 2.52. The van der Waals surface area contributed by atoms with Gasteiger partial charge in [-0.05, 0) is 37.7 Å². The first-order valence-corrected chi connectivity index (χ1v) is 11.5. The summed E-state index contributed by atoms with van der Waals surface area (Å²) in [6, 6.07) is 8.32. The summed E-state index contributed by atoms with van der Waals surface area (Å²) in [6.07, 6.45) is -0.714. The molecule has 2 amide bonds. The lowest BCUT2D eigenvalue weighted by atomic mass is 9.78. The number of aliphatic carboxylic acids is 1. The fraction of sp³-hybridized carbons (Fsp3) is 0.652. The third-order valence-corrected chi connectivity index (χ3v) is 6.57. The topological polar surface area (TPSA) is 91.3 Å². The van der Waals surface area contributed by atoms with Gasteiger partial charge in [-0.2, -0.15) is 13.2 Å². The Morgan fingerprint density at radius 1 is 1.24 bits per heavy atom. The van der Waals surface area contributed by atoms with Gasteiger partial charge in [0, 0.05) is 51.4 Å². The molecule has 0 bridgehead atoms. The van der Waals surface area contributed by atoms with Gasteiger partial charge in [0.1, 0.15) is 5.75 Å². The van der Waals surface area contributed by atoms with E-state index < -0.39 is 12.1 Å². The zero-order valence-electron chi connectivity index (χ0n) is 19.3. The highest BCUT2D eigenvalue weighted by molar-refractivity contribution is 5.74. The molecule has 4 rings (SSSR count). The quantitative estimate of drug-likeness (QED) is 0.641. The number of rotatable bonds is 6. The molecule has 1 spiro atoms. The Hall–Kier alpha value is -2.53. The minimum atomic E-state index is -5.08. The van der Waals surface area contributed by atoms with E-state index in [4.69, 9.17) is 19.4 Å². The molecule has 8 nitrogen and oxygen atoms in total. The van der Waals surface area contributed by atoms with Crippen LogP contribution in [0.15, 0.2) is 24.3 Å². The summed E-state index contributed by atoms with van der Waals surface area (Å²) in [4.78, 5) is 25.4. The molecule has 1 aromatic carbocycles. The van der Waals surface area contributed by atoms with Crippen LogP contribution in [0.4, 0.5) is 18.0 Å². The Labute approximate surface area is 197 Å². The van der Waals surface area contributed by atoms with Gasteiger partial charge in [0.15, 0.2) is 0 Å². The van der Waals surface area contributed by atoms with E-state index in [0.717, 1.165) is 77.3 Å². The molecule has 0 saturated carbocycles. The largest absolute Gasteiger partial charge is 0.496 e. The Balaban J connectivity index is 0.000000406. The molecular weight excluding hydrogens is 455 g/mol. The maximum absolute atomic E-state index is 12.1. The van der Waals surface area contributed by atoms with Crippen LogP contribution in [-0.4, -0.2) is 85.1 Å². The highest BCUT2D eigenvalue weighted by atomic mass is 19.4. The second-order valence-corrected chi connectivity index (χ2v) is 8.87. The van der Waals surface area contributed by atoms with E-state index in [1.54, 1.807) is 7.11 Å². The predicted octanol–water partition coefficient (Wildman–Crippen LogP) is 3.11. The first-order valence-electron chi connectivity index (χ1n) is 11.5. The molecule has 0 aliphatic carbocycles.